The van der Waals surface area contributed by atoms with Gasteiger partial charge in [0.05, 0.1) is 0 Å². The van der Waals surface area contributed by atoms with E-state index in [-0.39, 0.29) is 6.09 Å². The van der Waals surface area contributed by atoms with Crippen molar-refractivity contribution in [2.75, 3.05) is 6.61 Å². The van der Waals surface area contributed by atoms with Crippen LogP contribution in [-0.4, -0.2) is 12.7 Å². The molecule has 1 amide bonds. The van der Waals surface area contributed by atoms with Gasteiger partial charge < -0.3 is 0 Å². The fourth-order valence-corrected chi connectivity index (χ4v) is 0.396. The van der Waals surface area contributed by atoms with Crippen LogP contribution in [0.4, 0.5) is 4.79 Å². The quantitative estimate of drug-likeness (QED) is 0.547. The van der Waals surface area contributed by atoms with E-state index < -0.39 is 0 Å². The zero-order valence-corrected chi connectivity index (χ0v) is 7.20. The van der Waals surface area contributed by atoms with Gasteiger partial charge in [0.25, 0.3) is 0 Å². The third-order valence-corrected chi connectivity index (χ3v) is 1.03. The first kappa shape index (κ1) is 6.89. The fraction of sp³-hybridized carbons (Fsp3) is 0.667. The van der Waals surface area contributed by atoms with Crippen LogP contribution in [0.2, 0.25) is 0 Å². The molecule has 0 saturated carbocycles. The average Bonchev–Trinajstić information content (AvgIpc) is 1.68. The first-order valence-corrected chi connectivity index (χ1v) is 3.49. The Bertz CT molecular complexity index is 66.0. The van der Waals surface area contributed by atoms with Crippen molar-refractivity contribution in [1.29, 1.82) is 0 Å². The van der Waals surface area contributed by atoms with Gasteiger partial charge in [0.2, 0.25) is 0 Å². The Labute approximate surface area is 52.4 Å². The van der Waals surface area contributed by atoms with Crippen molar-refractivity contribution in [3.63, 3.8) is 0 Å². The van der Waals surface area contributed by atoms with Crippen LogP contribution in [0.1, 0.15) is 6.92 Å². The van der Waals surface area contributed by atoms with Gasteiger partial charge >= 0.3 is 51.8 Å². The van der Waals surface area contributed by atoms with Crippen LogP contribution in [-0.2, 0) is 23.3 Å². The molecule has 0 atom stereocenters. The maximum absolute atomic E-state index is 10.1. The van der Waals surface area contributed by atoms with Gasteiger partial charge in [-0.3, -0.25) is 0 Å². The summed E-state index contributed by atoms with van der Waals surface area (Å²) in [5.41, 5.74) is 0. The molecule has 0 bridgehead atoms. The third-order valence-electron chi connectivity index (χ3n) is 0.420. The molecule has 0 rings (SSSR count). The Morgan fingerprint density at radius 2 is 2.57 bits per heavy atom. The van der Waals surface area contributed by atoms with E-state index in [1.807, 2.05) is 0 Å². The second kappa shape index (κ2) is 4.06. The van der Waals surface area contributed by atoms with Crippen molar-refractivity contribution >= 4 is 6.09 Å². The Morgan fingerprint density at radius 1 is 2.00 bits per heavy atom. The summed E-state index contributed by atoms with van der Waals surface area (Å²) < 4.78 is 6.90. The molecule has 0 spiro atoms. The number of hydrogen-bond donors (Lipinski definition) is 1. The van der Waals surface area contributed by atoms with Gasteiger partial charge in [-0.25, -0.2) is 0 Å². The molecule has 0 aliphatic carbocycles. The molecule has 37 valence electrons. The molecular weight excluding hydrogens is 147 g/mol. The van der Waals surface area contributed by atoms with Crippen molar-refractivity contribution in [3.05, 3.63) is 0 Å². The molecule has 0 heterocycles. The summed E-state index contributed by atoms with van der Waals surface area (Å²) >= 11 is 0.749. The molecule has 0 fully saturated rings. The van der Waals surface area contributed by atoms with Gasteiger partial charge in [0.1, 0.15) is 0 Å². The Balaban J connectivity index is 3.00. The summed E-state index contributed by atoms with van der Waals surface area (Å²) in [5, 5.41) is 0. The molecule has 0 aromatic rings. The molecule has 0 aromatic carbocycles. The molecule has 0 saturated heterocycles. The van der Waals surface area contributed by atoms with Crippen molar-refractivity contribution in [2.24, 2.45) is 0 Å². The van der Waals surface area contributed by atoms with Crippen LogP contribution in [0.3, 0.4) is 0 Å². The summed E-state index contributed by atoms with van der Waals surface area (Å²) in [5.74, 6) is 0. The fourth-order valence-electron chi connectivity index (χ4n) is 0.182. The molecular formula is C3H6NO2Zn. The topological polar surface area (TPSA) is 38.3 Å². The standard InChI is InChI=1S/C3H7NO2.Zn/c1-2-6-3(4)5;/h2H2,1H3,(H2,4,5);/q;+1/p-1. The van der Waals surface area contributed by atoms with Crippen LogP contribution in [0.5, 0.6) is 0 Å². The van der Waals surface area contributed by atoms with E-state index in [4.69, 9.17) is 0 Å². The second-order valence-electron chi connectivity index (χ2n) is 0.897. The molecule has 0 unspecified atom stereocenters. The first-order chi connectivity index (χ1) is 3.31. The molecule has 4 heteroatoms. The van der Waals surface area contributed by atoms with Crippen LogP contribution in [0.15, 0.2) is 0 Å². The number of nitrogens with one attached hydrogen (secondary N) is 1. The average molecular weight is 153 g/mol. The predicted molar refractivity (Wildman–Crippen MR) is 20.2 cm³/mol. The minimum atomic E-state index is -0.317. The zero-order chi connectivity index (χ0) is 5.70. The van der Waals surface area contributed by atoms with Crippen LogP contribution in [0.25, 0.3) is 0 Å². The normalized spacial score (nSPS) is 7.86. The summed E-state index contributed by atoms with van der Waals surface area (Å²) in [6.45, 7) is 2.22. The van der Waals surface area contributed by atoms with E-state index >= 15 is 0 Å². The molecule has 0 radical (unpaired) electrons. The number of rotatable bonds is 1. The van der Waals surface area contributed by atoms with Gasteiger partial charge in [0, 0.05) is 0 Å². The van der Waals surface area contributed by atoms with Crippen LogP contribution >= 0.6 is 0 Å². The molecule has 7 heavy (non-hydrogen) atoms. The van der Waals surface area contributed by atoms with Gasteiger partial charge in [-0.2, -0.15) is 0 Å². The number of ether oxygens (including phenoxy) is 1. The van der Waals surface area contributed by atoms with Crippen molar-refractivity contribution in [3.8, 4) is 0 Å². The van der Waals surface area contributed by atoms with E-state index in [0.717, 1.165) is 18.5 Å². The Kier molecular flexibility index (Phi) is 4.00. The summed E-state index contributed by atoms with van der Waals surface area (Å²) in [7, 11) is 0. The minimum absolute atomic E-state index is 0.317. The first-order valence-electron chi connectivity index (χ1n) is 2.01. The van der Waals surface area contributed by atoms with Gasteiger partial charge in [-0.1, -0.05) is 0 Å². The molecule has 0 aliphatic rings. The molecule has 3 nitrogen and oxygen atoms in total. The summed E-state index contributed by atoms with van der Waals surface area (Å²) in [6, 6.07) is 0. The molecule has 0 aromatic heterocycles. The predicted octanol–water partition coefficient (Wildman–Crippen LogP) is 0.194. The van der Waals surface area contributed by atoms with Crippen molar-refractivity contribution < 1.29 is 28.1 Å². The van der Waals surface area contributed by atoms with Gasteiger partial charge in [0.15, 0.2) is 0 Å². The molecule has 1 N–H and O–H groups in total. The van der Waals surface area contributed by atoms with Crippen molar-refractivity contribution in [2.45, 2.75) is 6.92 Å². The number of carbonyl (C=O) groups is 1. The van der Waals surface area contributed by atoms with Crippen LogP contribution in [0, 0.1) is 0 Å². The second-order valence-corrected chi connectivity index (χ2v) is 1.64. The Hall–Kier alpha value is -0.107. The Morgan fingerprint density at radius 3 is 2.71 bits per heavy atom. The number of hydrogen-bond acceptors (Lipinski definition) is 2. The SMILES string of the molecule is CCOC(=O)[NH][Zn]. The summed E-state index contributed by atoms with van der Waals surface area (Å²) in [4.78, 5) is 10.1. The number of carbonyl (C=O) groups excluding carboxylic acids is 1. The van der Waals surface area contributed by atoms with E-state index in [1.54, 1.807) is 6.92 Å². The molecule has 0 aliphatic heterocycles. The van der Waals surface area contributed by atoms with E-state index in [9.17, 15) is 4.79 Å². The van der Waals surface area contributed by atoms with E-state index in [1.165, 1.54) is 0 Å². The zero-order valence-electron chi connectivity index (χ0n) is 4.23. The van der Waals surface area contributed by atoms with Crippen molar-refractivity contribution in [1.82, 2.24) is 4.06 Å². The maximum atomic E-state index is 10.1. The van der Waals surface area contributed by atoms with E-state index in [2.05, 4.69) is 8.80 Å². The van der Waals surface area contributed by atoms with Gasteiger partial charge in [-0.15, -0.1) is 0 Å². The third kappa shape index (κ3) is 3.73. The van der Waals surface area contributed by atoms with Gasteiger partial charge in [-0.05, 0) is 0 Å². The summed E-state index contributed by atoms with van der Waals surface area (Å²) in [6.07, 6.45) is -0.317. The monoisotopic (exact) mass is 152 g/mol. The number of amides is 1. The van der Waals surface area contributed by atoms with E-state index in [0.29, 0.717) is 6.61 Å². The van der Waals surface area contributed by atoms with Crippen LogP contribution < -0.4 is 4.06 Å².